The van der Waals surface area contributed by atoms with E-state index in [2.05, 4.69) is 28.9 Å². The SMILES string of the molecule is CCCCC(CC)c1nc(N2CCC(CN)CC2)n[nH]1. The van der Waals surface area contributed by atoms with Crippen molar-refractivity contribution in [3.63, 3.8) is 0 Å². The Labute approximate surface area is 122 Å². The third-order valence-electron chi connectivity index (χ3n) is 4.51. The number of rotatable bonds is 7. The summed E-state index contributed by atoms with van der Waals surface area (Å²) in [4.78, 5) is 7.03. The van der Waals surface area contributed by atoms with E-state index in [0.717, 1.165) is 50.7 Å². The first kappa shape index (κ1) is 15.3. The van der Waals surface area contributed by atoms with Crippen LogP contribution in [0.2, 0.25) is 0 Å². The minimum absolute atomic E-state index is 0.526. The van der Waals surface area contributed by atoms with Crippen LogP contribution in [0.1, 0.15) is 64.1 Å². The molecule has 1 aliphatic rings. The highest BCUT2D eigenvalue weighted by Gasteiger charge is 2.22. The molecular formula is C15H29N5. The fraction of sp³-hybridized carbons (Fsp3) is 0.867. The molecule has 0 amide bonds. The number of piperidine rings is 1. The lowest BCUT2D eigenvalue weighted by Crippen LogP contribution is -2.36. The van der Waals surface area contributed by atoms with Crippen molar-refractivity contribution < 1.29 is 0 Å². The first-order valence-electron chi connectivity index (χ1n) is 8.15. The van der Waals surface area contributed by atoms with Gasteiger partial charge in [-0.15, -0.1) is 5.10 Å². The molecule has 1 saturated heterocycles. The normalized spacial score (nSPS) is 18.4. The smallest absolute Gasteiger partial charge is 0.244 e. The van der Waals surface area contributed by atoms with E-state index in [-0.39, 0.29) is 0 Å². The summed E-state index contributed by atoms with van der Waals surface area (Å²) >= 11 is 0. The Balaban J connectivity index is 1.94. The second kappa shape index (κ2) is 7.62. The summed E-state index contributed by atoms with van der Waals surface area (Å²) in [5, 5.41) is 7.59. The summed E-state index contributed by atoms with van der Waals surface area (Å²) < 4.78 is 0. The number of nitrogens with one attached hydrogen (secondary N) is 1. The number of H-pyrrole nitrogens is 1. The Kier molecular flexibility index (Phi) is 5.83. The predicted octanol–water partition coefficient (Wildman–Crippen LogP) is 2.66. The lowest BCUT2D eigenvalue weighted by atomic mass is 9.97. The Morgan fingerprint density at radius 3 is 2.70 bits per heavy atom. The summed E-state index contributed by atoms with van der Waals surface area (Å²) in [5.74, 6) is 3.15. The number of hydrogen-bond acceptors (Lipinski definition) is 4. The summed E-state index contributed by atoms with van der Waals surface area (Å²) in [6.07, 6.45) is 7.15. The van der Waals surface area contributed by atoms with Gasteiger partial charge in [0.05, 0.1) is 0 Å². The fourth-order valence-electron chi connectivity index (χ4n) is 2.94. The number of aromatic amines is 1. The number of nitrogens with zero attached hydrogens (tertiary/aromatic N) is 3. The van der Waals surface area contributed by atoms with E-state index in [1.807, 2.05) is 0 Å². The highest BCUT2D eigenvalue weighted by Crippen LogP contribution is 2.25. The Bertz CT molecular complexity index is 381. The van der Waals surface area contributed by atoms with Crippen LogP contribution >= 0.6 is 0 Å². The number of nitrogens with two attached hydrogens (primary N) is 1. The van der Waals surface area contributed by atoms with Crippen molar-refractivity contribution in [2.75, 3.05) is 24.5 Å². The van der Waals surface area contributed by atoms with Crippen LogP contribution in [0.15, 0.2) is 0 Å². The van der Waals surface area contributed by atoms with Crippen LogP contribution in [0, 0.1) is 5.92 Å². The largest absolute Gasteiger partial charge is 0.340 e. The summed E-state index contributed by atoms with van der Waals surface area (Å²) in [5.41, 5.74) is 5.74. The maximum Gasteiger partial charge on any atom is 0.244 e. The Morgan fingerprint density at radius 2 is 2.10 bits per heavy atom. The van der Waals surface area contributed by atoms with Crippen LogP contribution in [-0.2, 0) is 0 Å². The van der Waals surface area contributed by atoms with Crippen LogP contribution in [0.25, 0.3) is 0 Å². The van der Waals surface area contributed by atoms with Gasteiger partial charge in [0, 0.05) is 19.0 Å². The van der Waals surface area contributed by atoms with Crippen molar-refractivity contribution >= 4 is 5.95 Å². The van der Waals surface area contributed by atoms with E-state index in [1.54, 1.807) is 0 Å². The van der Waals surface area contributed by atoms with Crippen molar-refractivity contribution in [2.24, 2.45) is 11.7 Å². The summed E-state index contributed by atoms with van der Waals surface area (Å²) in [7, 11) is 0. The van der Waals surface area contributed by atoms with Gasteiger partial charge in [-0.3, -0.25) is 5.10 Å². The molecule has 1 aromatic heterocycles. The number of aromatic nitrogens is 3. The van der Waals surface area contributed by atoms with Crippen molar-refractivity contribution in [1.82, 2.24) is 15.2 Å². The lowest BCUT2D eigenvalue weighted by molar-refractivity contribution is 0.411. The van der Waals surface area contributed by atoms with Crippen LogP contribution in [0.4, 0.5) is 5.95 Å². The Hall–Kier alpha value is -1.10. The quantitative estimate of drug-likeness (QED) is 0.805. The average molecular weight is 279 g/mol. The second-order valence-corrected chi connectivity index (χ2v) is 5.93. The number of anilines is 1. The number of unbranched alkanes of at least 4 members (excludes halogenated alkanes) is 1. The highest BCUT2D eigenvalue weighted by atomic mass is 15.4. The third kappa shape index (κ3) is 3.72. The molecule has 0 radical (unpaired) electrons. The van der Waals surface area contributed by atoms with E-state index in [1.165, 1.54) is 19.3 Å². The standard InChI is InChI=1S/C15H29N5/c1-3-5-6-13(4-2)14-17-15(19-18-14)20-9-7-12(11-16)8-10-20/h12-13H,3-11,16H2,1-2H3,(H,17,18,19). The zero-order valence-electron chi connectivity index (χ0n) is 12.9. The van der Waals surface area contributed by atoms with Gasteiger partial charge in [0.25, 0.3) is 0 Å². The second-order valence-electron chi connectivity index (χ2n) is 5.93. The van der Waals surface area contributed by atoms with Gasteiger partial charge < -0.3 is 10.6 Å². The lowest BCUT2D eigenvalue weighted by Gasteiger charge is -2.30. The van der Waals surface area contributed by atoms with Crippen LogP contribution in [-0.4, -0.2) is 34.8 Å². The molecule has 1 aliphatic heterocycles. The predicted molar refractivity (Wildman–Crippen MR) is 82.9 cm³/mol. The monoisotopic (exact) mass is 279 g/mol. The van der Waals surface area contributed by atoms with Crippen molar-refractivity contribution in [3.8, 4) is 0 Å². The zero-order chi connectivity index (χ0) is 14.4. The average Bonchev–Trinajstić information content (AvgIpc) is 2.98. The molecule has 0 saturated carbocycles. The zero-order valence-corrected chi connectivity index (χ0v) is 12.9. The van der Waals surface area contributed by atoms with E-state index in [0.29, 0.717) is 11.8 Å². The van der Waals surface area contributed by atoms with Crippen molar-refractivity contribution in [2.45, 2.75) is 58.3 Å². The van der Waals surface area contributed by atoms with Gasteiger partial charge in [-0.1, -0.05) is 26.7 Å². The maximum absolute atomic E-state index is 5.74. The first-order chi connectivity index (χ1) is 9.78. The first-order valence-corrected chi connectivity index (χ1v) is 8.15. The minimum Gasteiger partial charge on any atom is -0.340 e. The molecule has 1 fully saturated rings. The molecule has 1 aromatic rings. The van der Waals surface area contributed by atoms with Crippen molar-refractivity contribution in [3.05, 3.63) is 5.82 Å². The van der Waals surface area contributed by atoms with Gasteiger partial charge in [0.2, 0.25) is 5.95 Å². The molecule has 2 heterocycles. The molecule has 1 unspecified atom stereocenters. The molecule has 5 nitrogen and oxygen atoms in total. The van der Waals surface area contributed by atoms with Crippen molar-refractivity contribution in [1.29, 1.82) is 0 Å². The highest BCUT2D eigenvalue weighted by molar-refractivity contribution is 5.29. The van der Waals surface area contributed by atoms with E-state index < -0.39 is 0 Å². The third-order valence-corrected chi connectivity index (χ3v) is 4.51. The molecular weight excluding hydrogens is 250 g/mol. The van der Waals surface area contributed by atoms with Crippen LogP contribution in [0.5, 0.6) is 0 Å². The van der Waals surface area contributed by atoms with Gasteiger partial charge in [0.15, 0.2) is 0 Å². The van der Waals surface area contributed by atoms with Gasteiger partial charge in [-0.25, -0.2) is 0 Å². The molecule has 5 heteroatoms. The molecule has 2 rings (SSSR count). The van der Waals surface area contributed by atoms with Gasteiger partial charge in [-0.2, -0.15) is 4.98 Å². The molecule has 1 atom stereocenters. The van der Waals surface area contributed by atoms with Gasteiger partial charge >= 0.3 is 0 Å². The van der Waals surface area contributed by atoms with Crippen LogP contribution < -0.4 is 10.6 Å². The Morgan fingerprint density at radius 1 is 1.35 bits per heavy atom. The van der Waals surface area contributed by atoms with E-state index in [4.69, 9.17) is 10.7 Å². The van der Waals surface area contributed by atoms with Gasteiger partial charge in [0.1, 0.15) is 5.82 Å². The molecule has 20 heavy (non-hydrogen) atoms. The number of hydrogen-bond donors (Lipinski definition) is 2. The molecule has 3 N–H and O–H groups in total. The molecule has 114 valence electrons. The topological polar surface area (TPSA) is 70.8 Å². The van der Waals surface area contributed by atoms with Crippen LogP contribution in [0.3, 0.4) is 0 Å². The minimum atomic E-state index is 0.526. The summed E-state index contributed by atoms with van der Waals surface area (Å²) in [6, 6.07) is 0. The summed E-state index contributed by atoms with van der Waals surface area (Å²) in [6.45, 7) is 7.34. The van der Waals surface area contributed by atoms with E-state index >= 15 is 0 Å². The molecule has 0 aliphatic carbocycles. The molecule has 0 bridgehead atoms. The van der Waals surface area contributed by atoms with Gasteiger partial charge in [-0.05, 0) is 38.1 Å². The van der Waals surface area contributed by atoms with E-state index in [9.17, 15) is 0 Å². The molecule has 0 aromatic carbocycles. The fourth-order valence-corrected chi connectivity index (χ4v) is 2.94. The maximum atomic E-state index is 5.74. The molecule has 0 spiro atoms.